The van der Waals surface area contributed by atoms with Crippen LogP contribution in [0.2, 0.25) is 5.02 Å². The minimum atomic E-state index is -3.76. The fraction of sp³-hybridized carbons (Fsp3) is 0.0714. The highest BCUT2D eigenvalue weighted by Crippen LogP contribution is 2.17. The average molecular weight is 359 g/mol. The first-order valence-electron chi connectivity index (χ1n) is 6.18. The van der Waals surface area contributed by atoms with Gasteiger partial charge in [-0.05, 0) is 42.0 Å². The molecule has 116 valence electrons. The molecule has 8 heteroatoms. The van der Waals surface area contributed by atoms with Gasteiger partial charge in [0.2, 0.25) is 0 Å². The van der Waals surface area contributed by atoms with Gasteiger partial charge in [-0.1, -0.05) is 23.7 Å². The Morgan fingerprint density at radius 3 is 2.14 bits per heavy atom. The second-order valence-corrected chi connectivity index (χ2v) is 7.40. The topological polar surface area (TPSA) is 75.3 Å². The van der Waals surface area contributed by atoms with Crippen LogP contribution >= 0.6 is 22.3 Å². The lowest BCUT2D eigenvalue weighted by molar-refractivity contribution is 0.251. The molecule has 0 aliphatic rings. The Morgan fingerprint density at radius 2 is 1.59 bits per heavy atom. The van der Waals surface area contributed by atoms with Crippen LogP contribution in [0.3, 0.4) is 0 Å². The molecule has 0 spiro atoms. The lowest BCUT2D eigenvalue weighted by Crippen LogP contribution is -2.28. The van der Waals surface area contributed by atoms with Crippen molar-refractivity contribution in [3.05, 3.63) is 59.1 Å². The molecule has 5 nitrogen and oxygen atoms in total. The van der Waals surface area contributed by atoms with E-state index in [0.29, 0.717) is 17.3 Å². The molecule has 0 unspecified atom stereocenters. The summed E-state index contributed by atoms with van der Waals surface area (Å²) in [7, 11) is 1.44. The third-order valence-electron chi connectivity index (χ3n) is 2.76. The lowest BCUT2D eigenvalue weighted by Gasteiger charge is -2.08. The zero-order valence-electron chi connectivity index (χ0n) is 11.2. The summed E-state index contributed by atoms with van der Waals surface area (Å²) in [6.07, 6.45) is 0. The van der Waals surface area contributed by atoms with E-state index in [0.717, 1.165) is 5.56 Å². The Bertz CT molecular complexity index is 760. The van der Waals surface area contributed by atoms with Crippen LogP contribution in [0.15, 0.2) is 53.4 Å². The van der Waals surface area contributed by atoms with Gasteiger partial charge in [-0.15, -0.1) is 0 Å². The number of nitrogens with one attached hydrogen (secondary N) is 2. The standard InChI is InChI=1S/C14H12Cl2N2O3S/c15-11-3-1-10(2-4-11)9-17-14(19)18-12-5-7-13(8-6-12)22(16,20)21/h1-8H,9H2,(H2,17,18,19). The quantitative estimate of drug-likeness (QED) is 0.820. The van der Waals surface area contributed by atoms with E-state index in [4.69, 9.17) is 22.3 Å². The summed E-state index contributed by atoms with van der Waals surface area (Å²) in [6.45, 7) is 0.344. The maximum absolute atomic E-state index is 11.7. The minimum absolute atomic E-state index is 0.0266. The van der Waals surface area contributed by atoms with E-state index in [-0.39, 0.29) is 4.90 Å². The molecule has 0 atom stereocenters. The number of benzene rings is 2. The SMILES string of the molecule is O=C(NCc1ccc(Cl)cc1)Nc1ccc(S(=O)(=O)Cl)cc1. The third-order valence-corrected chi connectivity index (χ3v) is 4.38. The molecule has 0 radical (unpaired) electrons. The van der Waals surface area contributed by atoms with Gasteiger partial charge in [0.25, 0.3) is 9.05 Å². The lowest BCUT2D eigenvalue weighted by atomic mass is 10.2. The van der Waals surface area contributed by atoms with E-state index in [1.165, 1.54) is 24.3 Å². The molecule has 2 aromatic carbocycles. The molecule has 22 heavy (non-hydrogen) atoms. The molecule has 0 fully saturated rings. The summed E-state index contributed by atoms with van der Waals surface area (Å²) in [4.78, 5) is 11.7. The molecular formula is C14H12Cl2N2O3S. The van der Waals surface area contributed by atoms with Gasteiger partial charge in [0.15, 0.2) is 0 Å². The van der Waals surface area contributed by atoms with Crippen LogP contribution in [0.25, 0.3) is 0 Å². The van der Waals surface area contributed by atoms with Crippen LogP contribution < -0.4 is 10.6 Å². The van der Waals surface area contributed by atoms with Crippen LogP contribution in [0.4, 0.5) is 10.5 Å². The summed E-state index contributed by atoms with van der Waals surface area (Å²) >= 11 is 5.77. The second kappa shape index (κ2) is 7.00. The van der Waals surface area contributed by atoms with Crippen molar-refractivity contribution >= 4 is 43.1 Å². The van der Waals surface area contributed by atoms with Gasteiger partial charge >= 0.3 is 6.03 Å². The molecule has 2 amide bonds. The number of anilines is 1. The predicted octanol–water partition coefficient (Wildman–Crippen LogP) is 3.59. The number of carbonyl (C=O) groups excluding carboxylic acids is 1. The second-order valence-electron chi connectivity index (χ2n) is 4.40. The Morgan fingerprint density at radius 1 is 1.00 bits per heavy atom. The molecule has 0 heterocycles. The Kier molecular flexibility index (Phi) is 5.28. The van der Waals surface area contributed by atoms with Crippen molar-refractivity contribution in [3.8, 4) is 0 Å². The van der Waals surface area contributed by atoms with Crippen molar-refractivity contribution < 1.29 is 13.2 Å². The van der Waals surface area contributed by atoms with E-state index in [1.807, 2.05) is 12.1 Å². The van der Waals surface area contributed by atoms with Crippen molar-refractivity contribution in [1.29, 1.82) is 0 Å². The number of rotatable bonds is 4. The number of carbonyl (C=O) groups is 1. The van der Waals surface area contributed by atoms with Crippen LogP contribution in [-0.2, 0) is 15.6 Å². The number of hydrogen-bond donors (Lipinski definition) is 2. The largest absolute Gasteiger partial charge is 0.334 e. The predicted molar refractivity (Wildman–Crippen MR) is 86.8 cm³/mol. The zero-order valence-corrected chi connectivity index (χ0v) is 13.5. The van der Waals surface area contributed by atoms with Crippen LogP contribution in [0, 0.1) is 0 Å². The molecule has 0 bridgehead atoms. The molecule has 2 rings (SSSR count). The Labute approximate surface area is 137 Å². The first-order chi connectivity index (χ1) is 10.3. The van der Waals surface area contributed by atoms with Crippen molar-refractivity contribution in [2.45, 2.75) is 11.4 Å². The van der Waals surface area contributed by atoms with Gasteiger partial charge in [-0.25, -0.2) is 13.2 Å². The maximum atomic E-state index is 11.7. The number of halogens is 2. The van der Waals surface area contributed by atoms with Crippen molar-refractivity contribution in [3.63, 3.8) is 0 Å². The molecule has 2 aromatic rings. The van der Waals surface area contributed by atoms with E-state index >= 15 is 0 Å². The minimum Gasteiger partial charge on any atom is -0.334 e. The molecule has 0 saturated carbocycles. The Balaban J connectivity index is 1.90. The highest BCUT2D eigenvalue weighted by Gasteiger charge is 2.09. The van der Waals surface area contributed by atoms with Crippen LogP contribution in [0.5, 0.6) is 0 Å². The molecule has 0 aliphatic carbocycles. The summed E-state index contributed by atoms with van der Waals surface area (Å²) in [6, 6.07) is 12.2. The summed E-state index contributed by atoms with van der Waals surface area (Å²) < 4.78 is 22.2. The van der Waals surface area contributed by atoms with Crippen LogP contribution in [-0.4, -0.2) is 14.4 Å². The average Bonchev–Trinajstić information content (AvgIpc) is 2.46. The van der Waals surface area contributed by atoms with Gasteiger partial charge in [-0.3, -0.25) is 0 Å². The molecule has 2 N–H and O–H groups in total. The molecular weight excluding hydrogens is 347 g/mol. The zero-order chi connectivity index (χ0) is 16.2. The van der Waals surface area contributed by atoms with Gasteiger partial charge in [0.1, 0.15) is 0 Å². The summed E-state index contributed by atoms with van der Waals surface area (Å²) in [5.41, 5.74) is 1.36. The van der Waals surface area contributed by atoms with Gasteiger partial charge in [-0.2, -0.15) is 0 Å². The van der Waals surface area contributed by atoms with Crippen molar-refractivity contribution in [2.24, 2.45) is 0 Å². The number of hydrogen-bond acceptors (Lipinski definition) is 3. The first-order valence-corrected chi connectivity index (χ1v) is 8.87. The highest BCUT2D eigenvalue weighted by molar-refractivity contribution is 8.13. The normalized spacial score (nSPS) is 11.0. The van der Waals surface area contributed by atoms with E-state index in [1.54, 1.807) is 12.1 Å². The fourth-order valence-electron chi connectivity index (χ4n) is 1.66. The van der Waals surface area contributed by atoms with Crippen molar-refractivity contribution in [2.75, 3.05) is 5.32 Å². The van der Waals surface area contributed by atoms with E-state index in [9.17, 15) is 13.2 Å². The molecule has 0 aromatic heterocycles. The fourth-order valence-corrected chi connectivity index (χ4v) is 2.56. The van der Waals surface area contributed by atoms with E-state index in [2.05, 4.69) is 10.6 Å². The van der Waals surface area contributed by atoms with Crippen molar-refractivity contribution in [1.82, 2.24) is 5.32 Å². The monoisotopic (exact) mass is 358 g/mol. The summed E-state index contributed by atoms with van der Waals surface area (Å²) in [5, 5.41) is 5.89. The van der Waals surface area contributed by atoms with Gasteiger partial charge in [0.05, 0.1) is 4.90 Å². The van der Waals surface area contributed by atoms with Gasteiger partial charge < -0.3 is 10.6 Å². The third kappa shape index (κ3) is 4.91. The molecule has 0 saturated heterocycles. The van der Waals surface area contributed by atoms with Gasteiger partial charge in [0, 0.05) is 27.9 Å². The Hall–Kier alpha value is -1.76. The molecule has 0 aliphatic heterocycles. The number of urea groups is 1. The first kappa shape index (κ1) is 16.6. The number of amides is 2. The van der Waals surface area contributed by atoms with Crippen LogP contribution in [0.1, 0.15) is 5.56 Å². The maximum Gasteiger partial charge on any atom is 0.319 e. The highest BCUT2D eigenvalue weighted by atomic mass is 35.7. The smallest absolute Gasteiger partial charge is 0.319 e. The van der Waals surface area contributed by atoms with E-state index < -0.39 is 15.1 Å². The summed E-state index contributed by atoms with van der Waals surface area (Å²) in [5.74, 6) is 0.